The van der Waals surface area contributed by atoms with Gasteiger partial charge in [0.05, 0.1) is 14.6 Å². The van der Waals surface area contributed by atoms with Gasteiger partial charge in [-0.3, -0.25) is 0 Å². The van der Waals surface area contributed by atoms with Crippen LogP contribution >= 0.6 is 0 Å². The van der Waals surface area contributed by atoms with E-state index in [0.29, 0.717) is 0 Å². The van der Waals surface area contributed by atoms with Gasteiger partial charge in [-0.15, -0.1) is 0 Å². The Labute approximate surface area is 145 Å². The van der Waals surface area contributed by atoms with Crippen LogP contribution in [0.5, 0.6) is 0 Å². The largest absolute Gasteiger partial charge is 0.445 e. The van der Waals surface area contributed by atoms with Gasteiger partial charge >= 0.3 is 6.09 Å². The standard InChI is InChI=1S/C20H23NO2Si/c1-24(2,3)19-13-7-11-17(15-19)12-8-14-21-20(22)23-16-18-9-5-4-6-10-18/h4-7,9-11,13,15H,14,16H2,1-3H3,(H,21,22). The lowest BCUT2D eigenvalue weighted by Gasteiger charge is -2.16. The van der Waals surface area contributed by atoms with E-state index in [2.05, 4.69) is 48.9 Å². The molecule has 0 bridgehead atoms. The second-order valence-electron chi connectivity index (χ2n) is 6.55. The molecule has 0 aromatic heterocycles. The molecular weight excluding hydrogens is 314 g/mol. The molecule has 124 valence electrons. The van der Waals surface area contributed by atoms with Crippen molar-refractivity contribution in [1.82, 2.24) is 5.32 Å². The van der Waals surface area contributed by atoms with Crippen molar-refractivity contribution in [2.24, 2.45) is 0 Å². The monoisotopic (exact) mass is 337 g/mol. The first-order valence-corrected chi connectivity index (χ1v) is 11.5. The van der Waals surface area contributed by atoms with Crippen molar-refractivity contribution < 1.29 is 9.53 Å². The highest BCUT2D eigenvalue weighted by Crippen LogP contribution is 2.04. The number of nitrogens with one attached hydrogen (secondary N) is 1. The molecule has 1 amide bonds. The number of amides is 1. The third-order valence-corrected chi connectivity index (χ3v) is 5.54. The first-order valence-electron chi connectivity index (χ1n) is 7.99. The smallest absolute Gasteiger partial charge is 0.408 e. The number of hydrogen-bond acceptors (Lipinski definition) is 2. The Hall–Kier alpha value is -2.51. The highest BCUT2D eigenvalue weighted by atomic mass is 28.3. The van der Waals surface area contributed by atoms with Gasteiger partial charge in [0.25, 0.3) is 0 Å². The summed E-state index contributed by atoms with van der Waals surface area (Å²) in [7, 11) is -1.33. The minimum atomic E-state index is -1.33. The first kappa shape index (κ1) is 17.8. The highest BCUT2D eigenvalue weighted by molar-refractivity contribution is 6.88. The van der Waals surface area contributed by atoms with E-state index in [-0.39, 0.29) is 13.2 Å². The van der Waals surface area contributed by atoms with Crippen LogP contribution in [-0.2, 0) is 11.3 Å². The summed E-state index contributed by atoms with van der Waals surface area (Å²) in [5.41, 5.74) is 1.94. The Morgan fingerprint density at radius 3 is 2.54 bits per heavy atom. The van der Waals surface area contributed by atoms with Crippen molar-refractivity contribution in [1.29, 1.82) is 0 Å². The van der Waals surface area contributed by atoms with Crippen molar-refractivity contribution in [2.45, 2.75) is 26.2 Å². The van der Waals surface area contributed by atoms with Crippen LogP contribution in [0.2, 0.25) is 19.6 Å². The fourth-order valence-electron chi connectivity index (χ4n) is 2.10. The summed E-state index contributed by atoms with van der Waals surface area (Å²) in [6.07, 6.45) is -0.455. The molecule has 2 rings (SSSR count). The molecule has 0 atom stereocenters. The minimum Gasteiger partial charge on any atom is -0.445 e. The summed E-state index contributed by atoms with van der Waals surface area (Å²) < 4.78 is 5.13. The summed E-state index contributed by atoms with van der Waals surface area (Å²) in [5, 5.41) is 4.02. The van der Waals surface area contributed by atoms with E-state index < -0.39 is 14.2 Å². The Kier molecular flexibility index (Phi) is 6.22. The van der Waals surface area contributed by atoms with E-state index in [0.717, 1.165) is 11.1 Å². The van der Waals surface area contributed by atoms with E-state index >= 15 is 0 Å². The summed E-state index contributed by atoms with van der Waals surface area (Å²) in [5.74, 6) is 6.05. The average molecular weight is 337 g/mol. The molecule has 0 aliphatic carbocycles. The Bertz CT molecular complexity index is 739. The molecule has 0 unspecified atom stereocenters. The zero-order valence-corrected chi connectivity index (χ0v) is 15.4. The Morgan fingerprint density at radius 1 is 1.08 bits per heavy atom. The highest BCUT2D eigenvalue weighted by Gasteiger charge is 2.15. The Morgan fingerprint density at radius 2 is 1.83 bits per heavy atom. The molecule has 0 radical (unpaired) electrons. The van der Waals surface area contributed by atoms with Gasteiger partial charge in [0.1, 0.15) is 6.61 Å². The quantitative estimate of drug-likeness (QED) is 0.685. The van der Waals surface area contributed by atoms with E-state index in [1.54, 1.807) is 0 Å². The maximum Gasteiger partial charge on any atom is 0.408 e. The van der Waals surface area contributed by atoms with Crippen LogP contribution in [0, 0.1) is 11.8 Å². The van der Waals surface area contributed by atoms with Crippen LogP contribution in [0.25, 0.3) is 0 Å². The second kappa shape index (κ2) is 8.37. The zero-order valence-electron chi connectivity index (χ0n) is 14.4. The molecule has 0 saturated carbocycles. The number of carbonyl (C=O) groups excluding carboxylic acids is 1. The normalized spacial score (nSPS) is 10.5. The number of hydrogen-bond donors (Lipinski definition) is 1. The molecule has 0 fully saturated rings. The molecule has 1 N–H and O–H groups in total. The van der Waals surface area contributed by atoms with Gasteiger partial charge in [-0.1, -0.05) is 79.1 Å². The van der Waals surface area contributed by atoms with Crippen LogP contribution in [-0.4, -0.2) is 20.7 Å². The van der Waals surface area contributed by atoms with Crippen molar-refractivity contribution in [3.05, 3.63) is 65.7 Å². The molecule has 24 heavy (non-hydrogen) atoms. The predicted molar refractivity (Wildman–Crippen MR) is 101 cm³/mol. The lowest BCUT2D eigenvalue weighted by molar-refractivity contribution is 0.141. The van der Waals surface area contributed by atoms with E-state index in [1.165, 1.54) is 5.19 Å². The van der Waals surface area contributed by atoms with Crippen molar-refractivity contribution in [3.63, 3.8) is 0 Å². The molecule has 3 nitrogen and oxygen atoms in total. The van der Waals surface area contributed by atoms with Crippen LogP contribution in [0.4, 0.5) is 4.79 Å². The maximum atomic E-state index is 11.6. The number of rotatable bonds is 4. The average Bonchev–Trinajstić information content (AvgIpc) is 2.57. The van der Waals surface area contributed by atoms with Gasteiger partial charge in [-0.2, -0.15) is 0 Å². The molecule has 0 saturated heterocycles. The van der Waals surface area contributed by atoms with Gasteiger partial charge in [-0.25, -0.2) is 4.79 Å². The molecule has 4 heteroatoms. The minimum absolute atomic E-state index is 0.262. The van der Waals surface area contributed by atoms with E-state index in [1.807, 2.05) is 42.5 Å². The van der Waals surface area contributed by atoms with Gasteiger partial charge in [-0.05, 0) is 17.7 Å². The fraction of sp³-hybridized carbons (Fsp3) is 0.250. The number of carbonyl (C=O) groups is 1. The fourth-order valence-corrected chi connectivity index (χ4v) is 3.28. The molecule has 2 aromatic rings. The van der Waals surface area contributed by atoms with Crippen molar-refractivity contribution in [3.8, 4) is 11.8 Å². The Balaban J connectivity index is 1.80. The summed E-state index contributed by atoms with van der Waals surface area (Å²) in [6.45, 7) is 7.46. The lowest BCUT2D eigenvalue weighted by atomic mass is 10.2. The molecule has 0 spiro atoms. The second-order valence-corrected chi connectivity index (χ2v) is 11.6. The maximum absolute atomic E-state index is 11.6. The van der Waals surface area contributed by atoms with Crippen LogP contribution in [0.3, 0.4) is 0 Å². The van der Waals surface area contributed by atoms with Gasteiger partial charge in [0.15, 0.2) is 0 Å². The lowest BCUT2D eigenvalue weighted by Crippen LogP contribution is -2.37. The molecule has 0 aliphatic heterocycles. The predicted octanol–water partition coefficient (Wildman–Crippen LogP) is 3.51. The summed E-state index contributed by atoms with van der Waals surface area (Å²) in [4.78, 5) is 11.6. The number of ether oxygens (including phenoxy) is 1. The van der Waals surface area contributed by atoms with Gasteiger partial charge < -0.3 is 10.1 Å². The molecule has 0 aliphatic rings. The van der Waals surface area contributed by atoms with Gasteiger partial charge in [0.2, 0.25) is 0 Å². The number of alkyl carbamates (subject to hydrolysis) is 1. The van der Waals surface area contributed by atoms with Gasteiger partial charge in [0, 0.05) is 5.56 Å². The SMILES string of the molecule is C[Si](C)(C)c1cccc(C#CCNC(=O)OCc2ccccc2)c1. The van der Waals surface area contributed by atoms with E-state index in [4.69, 9.17) is 4.74 Å². The topological polar surface area (TPSA) is 38.3 Å². The first-order chi connectivity index (χ1) is 11.4. The molecule has 0 heterocycles. The van der Waals surface area contributed by atoms with Crippen molar-refractivity contribution >= 4 is 19.4 Å². The van der Waals surface area contributed by atoms with Crippen LogP contribution < -0.4 is 10.5 Å². The molecular formula is C20H23NO2Si. The zero-order chi connectivity index (χ0) is 17.4. The summed E-state index contributed by atoms with van der Waals surface area (Å²) in [6, 6.07) is 17.9. The third-order valence-electron chi connectivity index (χ3n) is 3.50. The molecule has 2 aromatic carbocycles. The van der Waals surface area contributed by atoms with Crippen LogP contribution in [0.15, 0.2) is 54.6 Å². The number of benzene rings is 2. The third kappa shape index (κ3) is 5.94. The van der Waals surface area contributed by atoms with Crippen molar-refractivity contribution in [2.75, 3.05) is 6.54 Å². The summed E-state index contributed by atoms with van der Waals surface area (Å²) >= 11 is 0. The van der Waals surface area contributed by atoms with E-state index in [9.17, 15) is 4.79 Å². The van der Waals surface area contributed by atoms with Crippen LogP contribution in [0.1, 0.15) is 11.1 Å².